The maximum atomic E-state index is 12.8. The van der Waals surface area contributed by atoms with E-state index in [1.165, 1.54) is 0 Å². The Labute approximate surface area is 132 Å². The Morgan fingerprint density at radius 2 is 1.57 bits per heavy atom. The summed E-state index contributed by atoms with van der Waals surface area (Å²) in [6.07, 6.45) is 0. The Bertz CT molecular complexity index is 342. The summed E-state index contributed by atoms with van der Waals surface area (Å²) in [5, 5.41) is 0.171. The van der Waals surface area contributed by atoms with Crippen LogP contribution in [0.5, 0.6) is 0 Å². The first kappa shape index (κ1) is 21.3. The lowest BCUT2D eigenvalue weighted by Gasteiger charge is -2.42. The number of hydrogen-bond acceptors (Lipinski definition) is 4. The Hall–Kier alpha value is 0.327. The van der Waals surface area contributed by atoms with Gasteiger partial charge in [0.1, 0.15) is 0 Å². The predicted molar refractivity (Wildman–Crippen MR) is 92.1 cm³/mol. The molecule has 0 bridgehead atoms. The molecule has 4 nitrogen and oxygen atoms in total. The van der Waals surface area contributed by atoms with Gasteiger partial charge in [-0.1, -0.05) is 27.7 Å². The molecule has 0 heterocycles. The fourth-order valence-electron chi connectivity index (χ4n) is 1.52. The fourth-order valence-corrected chi connectivity index (χ4v) is 4.40. The van der Waals surface area contributed by atoms with Crippen molar-refractivity contribution in [3.05, 3.63) is 5.66 Å². The largest absolute Gasteiger partial charge is 0.419 e. The maximum Gasteiger partial charge on any atom is 0.191 e. The second kappa shape index (κ2) is 8.26. The van der Waals surface area contributed by atoms with E-state index in [4.69, 9.17) is 13.5 Å². The molecule has 0 aliphatic rings. The van der Waals surface area contributed by atoms with E-state index in [9.17, 15) is 4.57 Å². The zero-order valence-electron chi connectivity index (χ0n) is 15.3. The third-order valence-corrected chi connectivity index (χ3v) is 11.2. The zero-order valence-corrected chi connectivity index (χ0v) is 17.2. The lowest BCUT2D eigenvalue weighted by molar-refractivity contribution is 0.204. The second-order valence-corrected chi connectivity index (χ2v) is 14.0. The van der Waals surface area contributed by atoms with E-state index in [0.717, 1.165) is 5.66 Å². The Morgan fingerprint density at radius 3 is 1.90 bits per heavy atom. The van der Waals surface area contributed by atoms with E-state index in [1.54, 1.807) is 0 Å². The Balaban J connectivity index is 4.78. The predicted octanol–water partition coefficient (Wildman–Crippen LogP) is 5.46. The van der Waals surface area contributed by atoms with Crippen LogP contribution in [0, 0.1) is 11.6 Å². The number of rotatable bonds is 9. The van der Waals surface area contributed by atoms with Gasteiger partial charge >= 0.3 is 0 Å². The summed E-state index contributed by atoms with van der Waals surface area (Å²) in [6.45, 7) is 19.9. The summed E-state index contributed by atoms with van der Waals surface area (Å²) in [4.78, 5) is 0. The normalized spacial score (nSPS) is 15.5. The van der Waals surface area contributed by atoms with Crippen LogP contribution in [0.1, 0.15) is 48.5 Å². The Morgan fingerprint density at radius 1 is 1.14 bits per heavy atom. The van der Waals surface area contributed by atoms with Gasteiger partial charge in [-0.05, 0) is 32.0 Å². The van der Waals surface area contributed by atoms with E-state index in [0.29, 0.717) is 19.8 Å². The van der Waals surface area contributed by atoms with Gasteiger partial charge in [0.2, 0.25) is 0 Å². The molecule has 0 amide bonds. The van der Waals surface area contributed by atoms with Crippen molar-refractivity contribution < 1.29 is 18.0 Å². The van der Waals surface area contributed by atoms with Crippen LogP contribution in [0.25, 0.3) is 0 Å². The van der Waals surface area contributed by atoms with Crippen LogP contribution in [-0.4, -0.2) is 28.1 Å². The SMILES string of the molecule is CCOP(=O)(OCC)[C-](C)C(C)CO[Si](C)(C)C(C)(C)C. The van der Waals surface area contributed by atoms with E-state index in [2.05, 4.69) is 33.9 Å². The molecule has 21 heavy (non-hydrogen) atoms. The highest BCUT2D eigenvalue weighted by molar-refractivity contribution is 7.57. The van der Waals surface area contributed by atoms with Crippen molar-refractivity contribution in [3.63, 3.8) is 0 Å². The van der Waals surface area contributed by atoms with Gasteiger partial charge in [0.15, 0.2) is 15.9 Å². The molecule has 0 rings (SSSR count). The van der Waals surface area contributed by atoms with E-state index >= 15 is 0 Å². The third-order valence-electron chi connectivity index (χ3n) is 4.24. The molecule has 0 saturated heterocycles. The quantitative estimate of drug-likeness (QED) is 0.318. The zero-order chi connectivity index (χ0) is 16.9. The lowest BCUT2D eigenvalue weighted by Crippen LogP contribution is -2.42. The first-order chi connectivity index (χ1) is 9.41. The molecule has 0 fully saturated rings. The minimum absolute atomic E-state index is 0.0445. The minimum atomic E-state index is -3.14. The molecule has 0 aliphatic heterocycles. The summed E-state index contributed by atoms with van der Waals surface area (Å²) < 4.78 is 29.8. The molecule has 0 radical (unpaired) electrons. The first-order valence-electron chi connectivity index (χ1n) is 7.78. The van der Waals surface area contributed by atoms with Gasteiger partial charge in [0, 0.05) is 6.61 Å². The first-order valence-corrected chi connectivity index (χ1v) is 12.2. The molecule has 1 atom stereocenters. The highest BCUT2D eigenvalue weighted by atomic mass is 31.2. The number of hydrogen-bond donors (Lipinski definition) is 0. The van der Waals surface area contributed by atoms with Gasteiger partial charge in [-0.15, -0.1) is 5.92 Å². The van der Waals surface area contributed by atoms with Crippen molar-refractivity contribution in [2.45, 2.75) is 66.6 Å². The molecule has 0 N–H and O–H groups in total. The summed E-state index contributed by atoms with van der Waals surface area (Å²) in [5.74, 6) is 0.0445. The van der Waals surface area contributed by atoms with Crippen molar-refractivity contribution in [2.24, 2.45) is 5.92 Å². The second-order valence-electron chi connectivity index (χ2n) is 6.95. The van der Waals surface area contributed by atoms with Crippen LogP contribution in [0.15, 0.2) is 0 Å². The molecule has 128 valence electrons. The molecule has 0 spiro atoms. The van der Waals surface area contributed by atoms with Crippen LogP contribution in [0.2, 0.25) is 18.1 Å². The molecule has 0 aliphatic carbocycles. The smallest absolute Gasteiger partial charge is 0.191 e. The van der Waals surface area contributed by atoms with E-state index < -0.39 is 15.9 Å². The highest BCUT2D eigenvalue weighted by Gasteiger charge is 2.37. The molecule has 1 unspecified atom stereocenters. The van der Waals surface area contributed by atoms with Gasteiger partial charge in [-0.25, -0.2) is 0 Å². The van der Waals surface area contributed by atoms with Crippen LogP contribution in [-0.2, 0) is 18.0 Å². The highest BCUT2D eigenvalue weighted by Crippen LogP contribution is 2.60. The molecular formula is C15H34O4PSi-. The Kier molecular flexibility index (Phi) is 8.38. The molecular weight excluding hydrogens is 303 g/mol. The minimum Gasteiger partial charge on any atom is -0.419 e. The van der Waals surface area contributed by atoms with Crippen LogP contribution in [0.3, 0.4) is 0 Å². The molecule has 0 aromatic carbocycles. The fraction of sp³-hybridized carbons (Fsp3) is 0.933. The molecule has 0 aromatic heterocycles. The van der Waals surface area contributed by atoms with Crippen molar-refractivity contribution in [1.82, 2.24) is 0 Å². The van der Waals surface area contributed by atoms with Crippen LogP contribution >= 0.6 is 7.60 Å². The van der Waals surface area contributed by atoms with E-state index in [-0.39, 0.29) is 11.0 Å². The average molecular weight is 337 g/mol. The molecule has 0 aromatic rings. The van der Waals surface area contributed by atoms with Crippen molar-refractivity contribution in [2.75, 3.05) is 19.8 Å². The molecule has 6 heteroatoms. The van der Waals surface area contributed by atoms with Crippen LogP contribution in [0.4, 0.5) is 0 Å². The van der Waals surface area contributed by atoms with Gasteiger partial charge in [-0.2, -0.15) is 12.6 Å². The topological polar surface area (TPSA) is 44.8 Å². The van der Waals surface area contributed by atoms with Gasteiger partial charge in [0.25, 0.3) is 0 Å². The van der Waals surface area contributed by atoms with Crippen molar-refractivity contribution >= 4 is 15.9 Å². The monoisotopic (exact) mass is 337 g/mol. The van der Waals surface area contributed by atoms with Gasteiger partial charge in [-0.3, -0.25) is 4.57 Å². The lowest BCUT2D eigenvalue weighted by atomic mass is 10.1. The summed E-state index contributed by atoms with van der Waals surface area (Å²) in [7, 11) is -4.93. The third kappa shape index (κ3) is 6.15. The van der Waals surface area contributed by atoms with E-state index in [1.807, 2.05) is 27.7 Å². The summed E-state index contributed by atoms with van der Waals surface area (Å²) in [5.41, 5.74) is 0.755. The van der Waals surface area contributed by atoms with Gasteiger partial charge in [0.05, 0.1) is 13.2 Å². The van der Waals surface area contributed by atoms with Crippen molar-refractivity contribution in [3.8, 4) is 0 Å². The molecule has 0 saturated carbocycles. The summed E-state index contributed by atoms with van der Waals surface area (Å²) >= 11 is 0. The van der Waals surface area contributed by atoms with Crippen LogP contribution < -0.4 is 0 Å². The van der Waals surface area contributed by atoms with Gasteiger partial charge < -0.3 is 13.5 Å². The standard InChI is InChI=1S/C15H34O4PSi/c1-10-17-20(16,18-11-2)14(4)13(3)12-19-21(8,9)15(5,6)7/h13H,10-12H2,1-9H3/q-1. The summed E-state index contributed by atoms with van der Waals surface area (Å²) in [6, 6.07) is 0. The maximum absolute atomic E-state index is 12.8. The average Bonchev–Trinajstić information content (AvgIpc) is 2.34. The van der Waals surface area contributed by atoms with Crippen molar-refractivity contribution in [1.29, 1.82) is 0 Å².